The van der Waals surface area contributed by atoms with Crippen molar-refractivity contribution < 1.29 is 14.6 Å². The molecule has 1 saturated heterocycles. The second-order valence-corrected chi connectivity index (χ2v) is 4.27. The Morgan fingerprint density at radius 2 is 2.29 bits per heavy atom. The Hall–Kier alpha value is -1.59. The summed E-state index contributed by atoms with van der Waals surface area (Å²) in [6, 6.07) is 6.87. The van der Waals surface area contributed by atoms with Crippen molar-refractivity contribution in [3.63, 3.8) is 0 Å². The molecule has 1 unspecified atom stereocenters. The van der Waals surface area contributed by atoms with Crippen molar-refractivity contribution in [1.29, 1.82) is 0 Å². The lowest BCUT2D eigenvalue weighted by Gasteiger charge is -2.20. The molecule has 0 spiro atoms. The van der Waals surface area contributed by atoms with Crippen molar-refractivity contribution >= 4 is 5.91 Å². The second kappa shape index (κ2) is 4.73. The van der Waals surface area contributed by atoms with Crippen molar-refractivity contribution in [2.24, 2.45) is 5.73 Å². The minimum Gasteiger partial charge on any atom is -0.508 e. The molecular formula is C12H16N2O3. The molecule has 1 aromatic carbocycles. The Bertz CT molecular complexity index is 414. The summed E-state index contributed by atoms with van der Waals surface area (Å²) in [6.07, 6.45) is 0.527. The number of aromatic hydroxyl groups is 1. The molecule has 2 rings (SSSR count). The van der Waals surface area contributed by atoms with E-state index in [0.29, 0.717) is 18.6 Å². The summed E-state index contributed by atoms with van der Waals surface area (Å²) in [4.78, 5) is 11.9. The normalized spacial score (nSPS) is 23.6. The van der Waals surface area contributed by atoms with E-state index in [9.17, 15) is 9.90 Å². The maximum absolute atomic E-state index is 11.9. The van der Waals surface area contributed by atoms with Crippen molar-refractivity contribution in [2.45, 2.75) is 18.5 Å². The molecule has 0 aromatic heterocycles. The van der Waals surface area contributed by atoms with Crippen molar-refractivity contribution in [2.75, 3.05) is 13.2 Å². The number of ether oxygens (including phenoxy) is 1. The van der Waals surface area contributed by atoms with Crippen LogP contribution in [0.15, 0.2) is 24.3 Å². The SMILES string of the molecule is NC1(C(=O)NCc2ccccc2O)CCOC1. The number of rotatable bonds is 3. The molecular weight excluding hydrogens is 220 g/mol. The maximum Gasteiger partial charge on any atom is 0.242 e. The molecule has 4 N–H and O–H groups in total. The van der Waals surface area contributed by atoms with E-state index in [0.717, 1.165) is 0 Å². The third kappa shape index (κ3) is 2.57. The van der Waals surface area contributed by atoms with E-state index in [2.05, 4.69) is 5.32 Å². The zero-order chi connectivity index (χ0) is 12.3. The minimum absolute atomic E-state index is 0.168. The van der Waals surface area contributed by atoms with Crippen LogP contribution < -0.4 is 11.1 Å². The van der Waals surface area contributed by atoms with E-state index in [1.54, 1.807) is 24.3 Å². The summed E-state index contributed by atoms with van der Waals surface area (Å²) in [7, 11) is 0. The van der Waals surface area contributed by atoms with Gasteiger partial charge in [0, 0.05) is 18.7 Å². The maximum atomic E-state index is 11.9. The van der Waals surface area contributed by atoms with Crippen LogP contribution in [0.5, 0.6) is 5.75 Å². The smallest absolute Gasteiger partial charge is 0.242 e. The number of hydrogen-bond acceptors (Lipinski definition) is 4. The van der Waals surface area contributed by atoms with Crippen LogP contribution in [0.2, 0.25) is 0 Å². The summed E-state index contributed by atoms with van der Waals surface area (Å²) in [5.41, 5.74) is 5.65. The summed E-state index contributed by atoms with van der Waals surface area (Å²) in [5, 5.41) is 12.3. The van der Waals surface area contributed by atoms with Gasteiger partial charge in [-0.25, -0.2) is 0 Å². The Balaban J connectivity index is 1.94. The summed E-state index contributed by atoms with van der Waals surface area (Å²) >= 11 is 0. The molecule has 1 aromatic rings. The van der Waals surface area contributed by atoms with Crippen molar-refractivity contribution in [3.8, 4) is 5.75 Å². The number of benzene rings is 1. The van der Waals surface area contributed by atoms with Crippen LogP contribution in [0.3, 0.4) is 0 Å². The van der Waals surface area contributed by atoms with Gasteiger partial charge in [0.1, 0.15) is 11.3 Å². The van der Waals surface area contributed by atoms with Crippen LogP contribution in [0.25, 0.3) is 0 Å². The van der Waals surface area contributed by atoms with Crippen LogP contribution in [-0.2, 0) is 16.1 Å². The number of amides is 1. The number of nitrogens with two attached hydrogens (primary N) is 1. The first kappa shape index (κ1) is 11.9. The van der Waals surface area contributed by atoms with Crippen LogP contribution in [0.1, 0.15) is 12.0 Å². The van der Waals surface area contributed by atoms with Gasteiger partial charge in [-0.1, -0.05) is 18.2 Å². The number of carbonyl (C=O) groups is 1. The molecule has 92 valence electrons. The van der Waals surface area contributed by atoms with E-state index in [4.69, 9.17) is 10.5 Å². The predicted molar refractivity (Wildman–Crippen MR) is 62.3 cm³/mol. The van der Waals surface area contributed by atoms with E-state index >= 15 is 0 Å². The first-order valence-electron chi connectivity index (χ1n) is 5.54. The quantitative estimate of drug-likeness (QED) is 0.696. The lowest BCUT2D eigenvalue weighted by Crippen LogP contribution is -2.54. The fourth-order valence-corrected chi connectivity index (χ4v) is 1.77. The molecule has 1 atom stereocenters. The van der Waals surface area contributed by atoms with Crippen molar-refractivity contribution in [1.82, 2.24) is 5.32 Å². The molecule has 1 heterocycles. The summed E-state index contributed by atoms with van der Waals surface area (Å²) in [6.45, 7) is 1.03. The number of para-hydroxylation sites is 1. The van der Waals surface area contributed by atoms with Crippen LogP contribution in [0, 0.1) is 0 Å². The average Bonchev–Trinajstić information content (AvgIpc) is 2.76. The van der Waals surface area contributed by atoms with E-state index in [-0.39, 0.29) is 24.8 Å². The van der Waals surface area contributed by atoms with Crippen LogP contribution in [-0.4, -0.2) is 29.8 Å². The number of phenols is 1. The highest BCUT2D eigenvalue weighted by molar-refractivity contribution is 5.86. The lowest BCUT2D eigenvalue weighted by atomic mass is 9.99. The van der Waals surface area contributed by atoms with Gasteiger partial charge in [-0.15, -0.1) is 0 Å². The fourth-order valence-electron chi connectivity index (χ4n) is 1.77. The molecule has 1 amide bonds. The number of nitrogens with one attached hydrogen (secondary N) is 1. The molecule has 1 aliphatic rings. The van der Waals surface area contributed by atoms with E-state index < -0.39 is 5.54 Å². The van der Waals surface area contributed by atoms with Gasteiger partial charge in [0.05, 0.1) is 6.61 Å². The molecule has 0 radical (unpaired) electrons. The molecule has 1 aliphatic heterocycles. The highest BCUT2D eigenvalue weighted by Crippen LogP contribution is 2.18. The van der Waals surface area contributed by atoms with Gasteiger partial charge < -0.3 is 20.9 Å². The number of phenolic OH excluding ortho intramolecular Hbond substituents is 1. The monoisotopic (exact) mass is 236 g/mol. The van der Waals surface area contributed by atoms with Gasteiger partial charge >= 0.3 is 0 Å². The highest BCUT2D eigenvalue weighted by Gasteiger charge is 2.37. The van der Waals surface area contributed by atoms with Gasteiger partial charge in [0.15, 0.2) is 0 Å². The molecule has 0 bridgehead atoms. The molecule has 0 saturated carbocycles. The fraction of sp³-hybridized carbons (Fsp3) is 0.417. The topological polar surface area (TPSA) is 84.6 Å². The molecule has 1 fully saturated rings. The summed E-state index contributed by atoms with van der Waals surface area (Å²) in [5.74, 6) is -0.0696. The minimum atomic E-state index is -0.926. The van der Waals surface area contributed by atoms with Gasteiger partial charge in [0.25, 0.3) is 0 Å². The van der Waals surface area contributed by atoms with Crippen LogP contribution >= 0.6 is 0 Å². The average molecular weight is 236 g/mol. The first-order chi connectivity index (χ1) is 8.12. The van der Waals surface area contributed by atoms with Gasteiger partial charge in [0.2, 0.25) is 5.91 Å². The standard InChI is InChI=1S/C12H16N2O3/c13-12(5-6-17-8-12)11(16)14-7-9-3-1-2-4-10(9)15/h1-4,15H,5-8,13H2,(H,14,16). The molecule has 17 heavy (non-hydrogen) atoms. The zero-order valence-corrected chi connectivity index (χ0v) is 9.48. The van der Waals surface area contributed by atoms with Gasteiger partial charge in [-0.2, -0.15) is 0 Å². The largest absolute Gasteiger partial charge is 0.508 e. The molecule has 0 aliphatic carbocycles. The Kier molecular flexibility index (Phi) is 3.31. The van der Waals surface area contributed by atoms with E-state index in [1.807, 2.05) is 0 Å². The Morgan fingerprint density at radius 3 is 2.94 bits per heavy atom. The first-order valence-corrected chi connectivity index (χ1v) is 5.54. The van der Waals surface area contributed by atoms with Crippen LogP contribution in [0.4, 0.5) is 0 Å². The van der Waals surface area contributed by atoms with Crippen molar-refractivity contribution in [3.05, 3.63) is 29.8 Å². The Labute approximate surface area is 99.6 Å². The van der Waals surface area contributed by atoms with Gasteiger partial charge in [-0.05, 0) is 12.5 Å². The predicted octanol–water partition coefficient (Wildman–Crippen LogP) is 0.126. The zero-order valence-electron chi connectivity index (χ0n) is 9.48. The van der Waals surface area contributed by atoms with Gasteiger partial charge in [-0.3, -0.25) is 4.79 Å². The third-order valence-corrected chi connectivity index (χ3v) is 2.94. The Morgan fingerprint density at radius 1 is 1.53 bits per heavy atom. The van der Waals surface area contributed by atoms with E-state index in [1.165, 1.54) is 0 Å². The highest BCUT2D eigenvalue weighted by atomic mass is 16.5. The molecule has 5 heteroatoms. The summed E-state index contributed by atoms with van der Waals surface area (Å²) < 4.78 is 5.12. The number of carbonyl (C=O) groups excluding carboxylic acids is 1. The lowest BCUT2D eigenvalue weighted by molar-refractivity contribution is -0.126. The third-order valence-electron chi connectivity index (χ3n) is 2.94. The number of hydrogen-bond donors (Lipinski definition) is 3. The second-order valence-electron chi connectivity index (χ2n) is 4.27. The molecule has 5 nitrogen and oxygen atoms in total.